The van der Waals surface area contributed by atoms with E-state index in [1.807, 2.05) is 19.1 Å². The zero-order valence-corrected chi connectivity index (χ0v) is 16.9. The van der Waals surface area contributed by atoms with Gasteiger partial charge in [0.25, 0.3) is 0 Å². The third kappa shape index (κ3) is 4.38. The molecule has 4 rings (SSSR count). The van der Waals surface area contributed by atoms with Crippen LogP contribution >= 0.6 is 0 Å². The highest BCUT2D eigenvalue weighted by Crippen LogP contribution is 2.35. The molecule has 3 fully saturated rings. The monoisotopic (exact) mass is 393 g/mol. The van der Waals surface area contributed by atoms with E-state index in [2.05, 4.69) is 14.9 Å². The van der Waals surface area contributed by atoms with Gasteiger partial charge in [0.05, 0.1) is 17.6 Å². The lowest BCUT2D eigenvalue weighted by atomic mass is 9.73. The summed E-state index contributed by atoms with van der Waals surface area (Å²) in [6.07, 6.45) is 4.52. The Kier molecular flexibility index (Phi) is 5.58. The number of likely N-dealkylation sites (tertiary alicyclic amines) is 1. The van der Waals surface area contributed by atoms with Crippen molar-refractivity contribution in [3.8, 4) is 0 Å². The minimum atomic E-state index is -3.49. The predicted octanol–water partition coefficient (Wildman–Crippen LogP) is 1.51. The van der Waals surface area contributed by atoms with Crippen LogP contribution in [0.2, 0.25) is 0 Å². The SMILES string of the molecule is Cc1ccccc1S(=O)(=O)N[C@@H]1CC[C@@H](CN2CCC3(CC2)CNC3)OC1. The highest BCUT2D eigenvalue weighted by atomic mass is 32.2. The van der Waals surface area contributed by atoms with Crippen LogP contribution in [0.25, 0.3) is 0 Å². The normalized spacial score (nSPS) is 28.8. The predicted molar refractivity (Wildman–Crippen MR) is 105 cm³/mol. The Bertz CT molecular complexity index is 745. The molecule has 0 saturated carbocycles. The minimum absolute atomic E-state index is 0.142. The highest BCUT2D eigenvalue weighted by Gasteiger charge is 2.40. The number of aryl methyl sites for hydroxylation is 1. The van der Waals surface area contributed by atoms with Gasteiger partial charge in [0.15, 0.2) is 0 Å². The van der Waals surface area contributed by atoms with E-state index in [4.69, 9.17) is 4.74 Å². The lowest BCUT2D eigenvalue weighted by Gasteiger charge is -2.49. The van der Waals surface area contributed by atoms with Crippen molar-refractivity contribution in [3.63, 3.8) is 0 Å². The molecule has 3 aliphatic rings. The lowest BCUT2D eigenvalue weighted by Crippen LogP contribution is -2.58. The Balaban J connectivity index is 1.24. The van der Waals surface area contributed by atoms with Crippen LogP contribution in [-0.4, -0.2) is 64.8 Å². The van der Waals surface area contributed by atoms with Gasteiger partial charge in [-0.25, -0.2) is 13.1 Å². The molecule has 3 heterocycles. The molecule has 0 amide bonds. The van der Waals surface area contributed by atoms with Crippen LogP contribution in [0, 0.1) is 12.3 Å². The number of piperidine rings is 1. The lowest BCUT2D eigenvalue weighted by molar-refractivity contribution is -0.0323. The summed E-state index contributed by atoms with van der Waals surface area (Å²) in [6, 6.07) is 6.95. The molecule has 0 unspecified atom stereocenters. The van der Waals surface area contributed by atoms with Crippen molar-refractivity contribution in [2.45, 2.75) is 49.6 Å². The summed E-state index contributed by atoms with van der Waals surface area (Å²) in [4.78, 5) is 2.88. The van der Waals surface area contributed by atoms with Crippen molar-refractivity contribution < 1.29 is 13.2 Å². The Morgan fingerprint density at radius 2 is 1.96 bits per heavy atom. The van der Waals surface area contributed by atoms with Crippen molar-refractivity contribution in [1.82, 2.24) is 14.9 Å². The van der Waals surface area contributed by atoms with E-state index >= 15 is 0 Å². The number of nitrogens with one attached hydrogen (secondary N) is 2. The van der Waals surface area contributed by atoms with Crippen LogP contribution in [0.3, 0.4) is 0 Å². The first-order valence-electron chi connectivity index (χ1n) is 10.1. The zero-order valence-electron chi connectivity index (χ0n) is 16.1. The van der Waals surface area contributed by atoms with Crippen LogP contribution in [0.15, 0.2) is 29.2 Å². The number of rotatable bonds is 5. The van der Waals surface area contributed by atoms with Crippen LogP contribution in [0.4, 0.5) is 0 Å². The van der Waals surface area contributed by atoms with Gasteiger partial charge < -0.3 is 15.0 Å². The average molecular weight is 394 g/mol. The maximum absolute atomic E-state index is 12.6. The largest absolute Gasteiger partial charge is 0.375 e. The Morgan fingerprint density at radius 1 is 1.22 bits per heavy atom. The summed E-state index contributed by atoms with van der Waals surface area (Å²) in [7, 11) is -3.49. The molecule has 3 aliphatic heterocycles. The van der Waals surface area contributed by atoms with E-state index in [-0.39, 0.29) is 12.1 Å². The Hall–Kier alpha value is -0.990. The second-order valence-electron chi connectivity index (χ2n) is 8.52. The number of hydrogen-bond donors (Lipinski definition) is 2. The van der Waals surface area contributed by atoms with Gasteiger partial charge in [0.2, 0.25) is 10.0 Å². The molecule has 150 valence electrons. The summed E-state index contributed by atoms with van der Waals surface area (Å²) >= 11 is 0. The Morgan fingerprint density at radius 3 is 2.56 bits per heavy atom. The summed E-state index contributed by atoms with van der Waals surface area (Å²) in [5.41, 5.74) is 1.34. The van der Waals surface area contributed by atoms with Gasteiger partial charge in [0.1, 0.15) is 0 Å². The van der Waals surface area contributed by atoms with Gasteiger partial charge in [-0.2, -0.15) is 0 Å². The highest BCUT2D eigenvalue weighted by molar-refractivity contribution is 7.89. The summed E-state index contributed by atoms with van der Waals surface area (Å²) < 4.78 is 34.1. The van der Waals surface area contributed by atoms with Crippen LogP contribution in [0.5, 0.6) is 0 Å². The zero-order chi connectivity index (χ0) is 18.9. The molecule has 2 N–H and O–H groups in total. The Labute approximate surface area is 162 Å². The fraction of sp³-hybridized carbons (Fsp3) is 0.700. The number of sulfonamides is 1. The first kappa shape index (κ1) is 19.3. The van der Waals surface area contributed by atoms with Gasteiger partial charge in [-0.3, -0.25) is 0 Å². The molecule has 0 aromatic heterocycles. The van der Waals surface area contributed by atoms with Crippen LogP contribution in [0.1, 0.15) is 31.2 Å². The first-order chi connectivity index (χ1) is 13.0. The quantitative estimate of drug-likeness (QED) is 0.794. The van der Waals surface area contributed by atoms with Crippen molar-refractivity contribution in [2.75, 3.05) is 39.3 Å². The van der Waals surface area contributed by atoms with E-state index in [1.54, 1.807) is 12.1 Å². The van der Waals surface area contributed by atoms with Crippen molar-refractivity contribution in [1.29, 1.82) is 0 Å². The molecule has 6 nitrogen and oxygen atoms in total. The molecule has 27 heavy (non-hydrogen) atoms. The molecular formula is C20H31N3O3S. The second-order valence-corrected chi connectivity index (χ2v) is 10.2. The number of hydrogen-bond acceptors (Lipinski definition) is 5. The van der Waals surface area contributed by atoms with E-state index in [0.717, 1.165) is 38.0 Å². The molecule has 1 aromatic rings. The number of benzene rings is 1. The van der Waals surface area contributed by atoms with Gasteiger partial charge in [0, 0.05) is 25.7 Å². The van der Waals surface area contributed by atoms with Crippen molar-refractivity contribution >= 4 is 10.0 Å². The van der Waals surface area contributed by atoms with E-state index in [0.29, 0.717) is 16.9 Å². The fourth-order valence-electron chi connectivity index (χ4n) is 4.51. The molecule has 0 aliphatic carbocycles. The molecule has 3 saturated heterocycles. The molecule has 1 aromatic carbocycles. The molecule has 7 heteroatoms. The van der Waals surface area contributed by atoms with Gasteiger partial charge >= 0.3 is 0 Å². The molecule has 1 spiro atoms. The summed E-state index contributed by atoms with van der Waals surface area (Å²) in [6.45, 7) is 7.94. The van der Waals surface area contributed by atoms with Gasteiger partial charge in [-0.05, 0) is 62.7 Å². The standard InChI is InChI=1S/C20H31N3O3S/c1-16-4-2-3-5-19(16)27(24,25)22-17-6-7-18(26-13-17)12-23-10-8-20(9-11-23)14-21-15-20/h2-5,17-18,21-22H,6-15H2,1H3/t17-,18+/m1/s1. The van der Waals surface area contributed by atoms with Gasteiger partial charge in [-0.15, -0.1) is 0 Å². The maximum Gasteiger partial charge on any atom is 0.241 e. The van der Waals surface area contributed by atoms with Crippen molar-refractivity contribution in [3.05, 3.63) is 29.8 Å². The number of ether oxygens (including phenoxy) is 1. The van der Waals surface area contributed by atoms with Crippen molar-refractivity contribution in [2.24, 2.45) is 5.41 Å². The third-order valence-corrected chi connectivity index (χ3v) is 8.13. The third-order valence-electron chi connectivity index (χ3n) is 6.45. The molecule has 0 bridgehead atoms. The topological polar surface area (TPSA) is 70.7 Å². The second kappa shape index (κ2) is 7.79. The summed E-state index contributed by atoms with van der Waals surface area (Å²) in [5, 5.41) is 3.41. The fourth-order valence-corrected chi connectivity index (χ4v) is 6.02. The molecular weight excluding hydrogens is 362 g/mol. The maximum atomic E-state index is 12.6. The number of nitrogens with zero attached hydrogens (tertiary/aromatic N) is 1. The van der Waals surface area contributed by atoms with E-state index < -0.39 is 10.0 Å². The minimum Gasteiger partial charge on any atom is -0.375 e. The van der Waals surface area contributed by atoms with Crippen LogP contribution in [-0.2, 0) is 14.8 Å². The van der Waals surface area contributed by atoms with Crippen LogP contribution < -0.4 is 10.0 Å². The summed E-state index contributed by atoms with van der Waals surface area (Å²) in [5.74, 6) is 0. The average Bonchev–Trinajstić information content (AvgIpc) is 2.63. The molecule has 2 atom stereocenters. The van der Waals surface area contributed by atoms with E-state index in [1.165, 1.54) is 25.9 Å². The van der Waals surface area contributed by atoms with E-state index in [9.17, 15) is 8.42 Å². The van der Waals surface area contributed by atoms with Gasteiger partial charge in [-0.1, -0.05) is 18.2 Å². The first-order valence-corrected chi connectivity index (χ1v) is 11.6. The molecule has 0 radical (unpaired) electrons. The smallest absolute Gasteiger partial charge is 0.241 e.